The molecule has 2 aliphatic rings. The Kier molecular flexibility index (Phi) is 4.25. The first-order chi connectivity index (χ1) is 10.8. The van der Waals surface area contributed by atoms with Gasteiger partial charge in [0.1, 0.15) is 6.61 Å². The van der Waals surface area contributed by atoms with Crippen LogP contribution in [0.1, 0.15) is 18.9 Å². The van der Waals surface area contributed by atoms with E-state index in [0.29, 0.717) is 30.2 Å². The minimum atomic E-state index is -0.583. The summed E-state index contributed by atoms with van der Waals surface area (Å²) in [5, 5.41) is 12.6. The molecule has 1 spiro atoms. The number of amides is 2. The third-order valence-electron chi connectivity index (χ3n) is 4.96. The highest BCUT2D eigenvalue weighted by Gasteiger charge is 2.52. The van der Waals surface area contributed by atoms with E-state index < -0.39 is 12.0 Å². The number of halogens is 3. The molecular formula is C15H15Cl3N2O3. The lowest BCUT2D eigenvalue weighted by Gasteiger charge is -2.41. The number of carbonyl (C=O) groups is 2. The van der Waals surface area contributed by atoms with Gasteiger partial charge in [0, 0.05) is 24.4 Å². The van der Waals surface area contributed by atoms with Crippen LogP contribution in [0.4, 0.5) is 5.69 Å². The lowest BCUT2D eigenvalue weighted by molar-refractivity contribution is -0.133. The molecule has 0 radical (unpaired) electrons. The number of aliphatic hydroxyl groups excluding tert-OH is 1. The van der Waals surface area contributed by atoms with Crippen molar-refractivity contribution in [1.29, 1.82) is 0 Å². The van der Waals surface area contributed by atoms with Gasteiger partial charge in [0.05, 0.1) is 20.8 Å². The maximum absolute atomic E-state index is 12.4. The number of hydrogen-bond donors (Lipinski definition) is 2. The van der Waals surface area contributed by atoms with Gasteiger partial charge in [-0.05, 0) is 18.1 Å². The molecule has 2 N–H and O–H groups in total. The fourth-order valence-corrected chi connectivity index (χ4v) is 4.20. The predicted molar refractivity (Wildman–Crippen MR) is 89.2 cm³/mol. The van der Waals surface area contributed by atoms with Crippen molar-refractivity contribution in [2.24, 2.45) is 5.92 Å². The van der Waals surface area contributed by atoms with E-state index in [1.807, 2.05) is 6.92 Å². The molecule has 1 aromatic carbocycles. The van der Waals surface area contributed by atoms with Crippen molar-refractivity contribution >= 4 is 52.3 Å². The summed E-state index contributed by atoms with van der Waals surface area (Å²) in [5.74, 6) is -0.886. The zero-order valence-corrected chi connectivity index (χ0v) is 14.6. The maximum Gasteiger partial charge on any atom is 0.248 e. The van der Waals surface area contributed by atoms with Gasteiger partial charge in [-0.15, -0.1) is 0 Å². The first-order valence-corrected chi connectivity index (χ1v) is 8.32. The first kappa shape index (κ1) is 16.8. The van der Waals surface area contributed by atoms with E-state index in [2.05, 4.69) is 5.32 Å². The molecule has 3 rings (SSSR count). The van der Waals surface area contributed by atoms with Gasteiger partial charge >= 0.3 is 0 Å². The molecule has 2 heterocycles. The summed E-state index contributed by atoms with van der Waals surface area (Å²) in [6.45, 7) is 2.07. The molecule has 124 valence electrons. The summed E-state index contributed by atoms with van der Waals surface area (Å²) in [4.78, 5) is 25.8. The largest absolute Gasteiger partial charge is 0.387 e. The Morgan fingerprint density at radius 3 is 2.78 bits per heavy atom. The quantitative estimate of drug-likeness (QED) is 0.739. The number of nitrogens with zero attached hydrogens (tertiary/aromatic N) is 1. The van der Waals surface area contributed by atoms with Crippen LogP contribution in [-0.2, 0) is 15.0 Å². The summed E-state index contributed by atoms with van der Waals surface area (Å²) in [6, 6.07) is 1.72. The van der Waals surface area contributed by atoms with Crippen LogP contribution in [0.2, 0.25) is 15.1 Å². The van der Waals surface area contributed by atoms with E-state index >= 15 is 0 Å². The van der Waals surface area contributed by atoms with Crippen molar-refractivity contribution in [3.63, 3.8) is 0 Å². The minimum absolute atomic E-state index is 0.170. The molecule has 1 aromatic rings. The van der Waals surface area contributed by atoms with Crippen LogP contribution in [0.15, 0.2) is 6.07 Å². The Hall–Kier alpha value is -1.01. The van der Waals surface area contributed by atoms with Gasteiger partial charge in [0.2, 0.25) is 11.8 Å². The molecule has 1 saturated heterocycles. The third kappa shape index (κ3) is 2.41. The second-order valence-electron chi connectivity index (χ2n) is 6.00. The monoisotopic (exact) mass is 376 g/mol. The Morgan fingerprint density at radius 2 is 2.13 bits per heavy atom. The van der Waals surface area contributed by atoms with E-state index in [0.717, 1.165) is 5.56 Å². The molecule has 8 heteroatoms. The zero-order valence-electron chi connectivity index (χ0n) is 12.3. The van der Waals surface area contributed by atoms with Crippen molar-refractivity contribution in [2.45, 2.75) is 18.8 Å². The number of aliphatic hydroxyl groups is 1. The van der Waals surface area contributed by atoms with Crippen LogP contribution in [0, 0.1) is 5.92 Å². The van der Waals surface area contributed by atoms with Crippen molar-refractivity contribution in [2.75, 3.05) is 25.0 Å². The number of benzene rings is 1. The molecule has 0 saturated carbocycles. The molecule has 2 atom stereocenters. The van der Waals surface area contributed by atoms with Crippen LogP contribution in [0.3, 0.4) is 0 Å². The maximum atomic E-state index is 12.4. The highest BCUT2D eigenvalue weighted by atomic mass is 35.5. The SMILES string of the molecule is CC1C(=O)Nc2c(cc(Cl)c(Cl)c2Cl)[C@@]12CCN(C(=O)CO)C2. The summed E-state index contributed by atoms with van der Waals surface area (Å²) in [5.41, 5.74) is 0.667. The van der Waals surface area contributed by atoms with E-state index in [1.165, 1.54) is 0 Å². The van der Waals surface area contributed by atoms with Crippen LogP contribution < -0.4 is 5.32 Å². The number of nitrogens with one attached hydrogen (secondary N) is 1. The van der Waals surface area contributed by atoms with Crippen molar-refractivity contribution in [3.8, 4) is 0 Å². The first-order valence-electron chi connectivity index (χ1n) is 7.19. The molecule has 1 unspecified atom stereocenters. The highest BCUT2D eigenvalue weighted by molar-refractivity contribution is 6.49. The third-order valence-corrected chi connectivity index (χ3v) is 6.22. The molecule has 2 aliphatic heterocycles. The van der Waals surface area contributed by atoms with Crippen LogP contribution in [-0.4, -0.2) is 41.5 Å². The smallest absolute Gasteiger partial charge is 0.248 e. The van der Waals surface area contributed by atoms with Crippen molar-refractivity contribution < 1.29 is 14.7 Å². The average Bonchev–Trinajstić information content (AvgIpc) is 2.98. The summed E-state index contributed by atoms with van der Waals surface area (Å²) >= 11 is 18.5. The highest BCUT2D eigenvalue weighted by Crippen LogP contribution is 2.52. The standard InChI is InChI=1S/C15H15Cl3N2O3/c1-7-14(23)19-13-8(4-9(16)11(17)12(13)18)15(7)2-3-20(6-15)10(22)5-21/h4,7,21H,2-3,5-6H2,1H3,(H,19,23)/t7?,15-/m1/s1. The molecule has 5 nitrogen and oxygen atoms in total. The van der Waals surface area contributed by atoms with E-state index in [1.54, 1.807) is 11.0 Å². The number of likely N-dealkylation sites (tertiary alicyclic amines) is 1. The number of rotatable bonds is 1. The van der Waals surface area contributed by atoms with E-state index in [4.69, 9.17) is 39.9 Å². The molecule has 0 aromatic heterocycles. The summed E-state index contributed by atoms with van der Waals surface area (Å²) in [6.07, 6.45) is 0.592. The Labute approximate surface area is 148 Å². The normalized spacial score (nSPS) is 26.4. The van der Waals surface area contributed by atoms with Crippen LogP contribution in [0.25, 0.3) is 0 Å². The Bertz CT molecular complexity index is 710. The molecule has 0 bridgehead atoms. The minimum Gasteiger partial charge on any atom is -0.387 e. The molecule has 2 amide bonds. The van der Waals surface area contributed by atoms with Crippen molar-refractivity contribution in [3.05, 3.63) is 26.7 Å². The number of carbonyl (C=O) groups excluding carboxylic acids is 2. The fraction of sp³-hybridized carbons (Fsp3) is 0.467. The number of fused-ring (bicyclic) bond motifs is 2. The number of anilines is 1. The summed E-state index contributed by atoms with van der Waals surface area (Å²) < 4.78 is 0. The van der Waals surface area contributed by atoms with Gasteiger partial charge in [0.15, 0.2) is 0 Å². The van der Waals surface area contributed by atoms with Gasteiger partial charge < -0.3 is 15.3 Å². The predicted octanol–water partition coefficient (Wildman–Crippen LogP) is 2.70. The summed E-state index contributed by atoms with van der Waals surface area (Å²) in [7, 11) is 0. The molecular weight excluding hydrogens is 363 g/mol. The second kappa shape index (κ2) is 5.81. The van der Waals surface area contributed by atoms with Crippen LogP contribution >= 0.6 is 34.8 Å². The lowest BCUT2D eigenvalue weighted by atomic mass is 9.67. The molecule has 23 heavy (non-hydrogen) atoms. The van der Waals surface area contributed by atoms with E-state index in [9.17, 15) is 9.59 Å². The molecule has 0 aliphatic carbocycles. The van der Waals surface area contributed by atoms with Gasteiger partial charge in [0.25, 0.3) is 0 Å². The van der Waals surface area contributed by atoms with Gasteiger partial charge in [-0.1, -0.05) is 41.7 Å². The fourth-order valence-electron chi connectivity index (χ4n) is 3.54. The van der Waals surface area contributed by atoms with Crippen LogP contribution in [0.5, 0.6) is 0 Å². The van der Waals surface area contributed by atoms with E-state index in [-0.39, 0.29) is 27.8 Å². The lowest BCUT2D eigenvalue weighted by Crippen LogP contribution is -2.48. The van der Waals surface area contributed by atoms with Gasteiger partial charge in [-0.3, -0.25) is 9.59 Å². The molecule has 1 fully saturated rings. The van der Waals surface area contributed by atoms with Crippen molar-refractivity contribution in [1.82, 2.24) is 4.90 Å². The van der Waals surface area contributed by atoms with Gasteiger partial charge in [-0.25, -0.2) is 0 Å². The number of hydrogen-bond acceptors (Lipinski definition) is 3. The second-order valence-corrected chi connectivity index (χ2v) is 7.16. The Balaban J connectivity index is 2.15. The Morgan fingerprint density at radius 1 is 1.43 bits per heavy atom. The topological polar surface area (TPSA) is 69.6 Å². The average molecular weight is 378 g/mol. The van der Waals surface area contributed by atoms with Gasteiger partial charge in [-0.2, -0.15) is 0 Å². The zero-order chi connectivity index (χ0) is 16.9.